The molecule has 0 spiro atoms. The number of sulfone groups is 1. The van der Waals surface area contributed by atoms with Crippen LogP contribution in [0, 0.1) is 0 Å². The first-order chi connectivity index (χ1) is 9.30. The Bertz CT molecular complexity index is 629. The maximum absolute atomic E-state index is 12.4. The first-order valence-electron chi connectivity index (χ1n) is 5.41. The van der Waals surface area contributed by atoms with E-state index in [0.717, 1.165) is 17.9 Å². The van der Waals surface area contributed by atoms with Gasteiger partial charge in [0.1, 0.15) is 0 Å². The van der Waals surface area contributed by atoms with Crippen LogP contribution in [0.25, 0.3) is 0 Å². The first-order valence-corrected chi connectivity index (χ1v) is 7.88. The van der Waals surface area contributed by atoms with E-state index in [4.69, 9.17) is 0 Å². The van der Waals surface area contributed by atoms with Gasteiger partial charge in [-0.2, -0.15) is 13.2 Å². The van der Waals surface area contributed by atoms with Gasteiger partial charge in [-0.15, -0.1) is 0 Å². The fourth-order valence-corrected chi connectivity index (χ4v) is 2.90. The van der Waals surface area contributed by atoms with E-state index in [9.17, 15) is 21.6 Å². The van der Waals surface area contributed by atoms with Gasteiger partial charge in [-0.1, -0.05) is 17.8 Å². The molecule has 110 valence electrons. The van der Waals surface area contributed by atoms with Gasteiger partial charge >= 0.3 is 5.51 Å². The number of amidine groups is 1. The van der Waals surface area contributed by atoms with E-state index in [1.807, 2.05) is 0 Å². The molecule has 0 atom stereocenters. The van der Waals surface area contributed by atoms with Gasteiger partial charge in [-0.25, -0.2) is 8.42 Å². The average molecular weight is 325 g/mol. The number of benzene rings is 1. The predicted molar refractivity (Wildman–Crippen MR) is 71.2 cm³/mol. The van der Waals surface area contributed by atoms with Crippen LogP contribution in [-0.2, 0) is 9.84 Å². The molecule has 5 nitrogen and oxygen atoms in total. The molecule has 0 saturated carbocycles. The number of halogens is 3. The van der Waals surface area contributed by atoms with Crippen LogP contribution in [0.3, 0.4) is 0 Å². The number of thioether (sulfide) groups is 1. The fraction of sp³-hybridized carbons (Fsp3) is 0.300. The second-order valence-electron chi connectivity index (χ2n) is 3.76. The summed E-state index contributed by atoms with van der Waals surface area (Å²) in [5.41, 5.74) is 0.204. The Balaban J connectivity index is 2.16. The Kier molecular flexibility index (Phi) is 4.14. The van der Waals surface area contributed by atoms with E-state index < -0.39 is 20.2 Å². The van der Waals surface area contributed by atoms with Crippen LogP contribution in [0.15, 0.2) is 34.2 Å². The number of rotatable bonds is 3. The Morgan fingerprint density at radius 1 is 1.25 bits per heavy atom. The Morgan fingerprint density at radius 3 is 2.60 bits per heavy atom. The van der Waals surface area contributed by atoms with Gasteiger partial charge in [0, 0.05) is 5.75 Å². The van der Waals surface area contributed by atoms with Crippen LogP contribution in [0.1, 0.15) is 0 Å². The van der Waals surface area contributed by atoms with Gasteiger partial charge < -0.3 is 0 Å². The quantitative estimate of drug-likeness (QED) is 0.832. The summed E-state index contributed by atoms with van der Waals surface area (Å²) >= 11 is 1.45. The second-order valence-corrected chi connectivity index (χ2v) is 6.79. The Labute approximate surface area is 117 Å². The molecule has 20 heavy (non-hydrogen) atoms. The number of aliphatic imine (C=N–C) groups is 1. The minimum atomic E-state index is -5.34. The van der Waals surface area contributed by atoms with Gasteiger partial charge in [0.25, 0.3) is 9.84 Å². The van der Waals surface area contributed by atoms with Crippen molar-refractivity contribution in [1.82, 2.24) is 5.43 Å². The highest BCUT2D eigenvalue weighted by atomic mass is 32.2. The largest absolute Gasteiger partial charge is 0.501 e. The van der Waals surface area contributed by atoms with Crippen LogP contribution < -0.4 is 10.9 Å². The summed E-state index contributed by atoms with van der Waals surface area (Å²) in [6.45, 7) is 0.664. The van der Waals surface area contributed by atoms with Gasteiger partial charge in [0.2, 0.25) is 0 Å². The van der Waals surface area contributed by atoms with Crippen LogP contribution in [-0.4, -0.2) is 31.4 Å². The maximum Gasteiger partial charge on any atom is 0.501 e. The molecular weight excluding hydrogens is 315 g/mol. The predicted octanol–water partition coefficient (Wildman–Crippen LogP) is 2.00. The molecule has 0 unspecified atom stereocenters. The number of hydrogen-bond donors (Lipinski definition) is 2. The highest BCUT2D eigenvalue weighted by Crippen LogP contribution is 2.31. The molecule has 0 aromatic heterocycles. The molecule has 0 radical (unpaired) electrons. The maximum atomic E-state index is 12.4. The second kappa shape index (κ2) is 5.52. The molecule has 2 rings (SSSR count). The minimum Gasteiger partial charge on any atom is -0.299 e. The first kappa shape index (κ1) is 15.0. The third kappa shape index (κ3) is 3.18. The number of nitrogens with one attached hydrogen (secondary N) is 2. The third-order valence-electron chi connectivity index (χ3n) is 2.35. The minimum absolute atomic E-state index is 0.200. The molecule has 1 aliphatic rings. The summed E-state index contributed by atoms with van der Waals surface area (Å²) in [5, 5.41) is 0.606. The molecule has 0 amide bonds. The standard InChI is InChI=1S/C10H10F3N3O2S2/c11-10(12,13)20(17,18)8-3-1-2-7(6-8)15-16-9-14-4-5-19-9/h1-3,6,15H,4-5H2,(H,14,16). The number of alkyl halides is 3. The van der Waals surface area contributed by atoms with Crippen LogP contribution in [0.5, 0.6) is 0 Å². The molecule has 1 aliphatic heterocycles. The van der Waals surface area contributed by atoms with Gasteiger partial charge in [-0.05, 0) is 18.2 Å². The normalized spacial score (nSPS) is 15.8. The van der Waals surface area contributed by atoms with Crippen molar-refractivity contribution in [3.8, 4) is 0 Å². The van der Waals surface area contributed by atoms with Crippen molar-refractivity contribution >= 4 is 32.5 Å². The number of anilines is 1. The monoisotopic (exact) mass is 325 g/mol. The third-order valence-corrected chi connectivity index (χ3v) is 4.72. The molecule has 1 heterocycles. The molecule has 1 aromatic rings. The SMILES string of the molecule is O=S(=O)(c1cccc(NNC2=NCCS2)c1)C(F)(F)F. The fourth-order valence-electron chi connectivity index (χ4n) is 1.41. The topological polar surface area (TPSA) is 70.6 Å². The van der Waals surface area contributed by atoms with Crippen LogP contribution >= 0.6 is 11.8 Å². The molecule has 0 aliphatic carbocycles. The van der Waals surface area contributed by atoms with E-state index in [0.29, 0.717) is 11.7 Å². The van der Waals surface area contributed by atoms with Crippen molar-refractivity contribution in [2.24, 2.45) is 4.99 Å². The van der Waals surface area contributed by atoms with Crippen molar-refractivity contribution in [2.75, 3.05) is 17.7 Å². The Morgan fingerprint density at radius 2 is 2.00 bits per heavy atom. The number of nitrogens with zero attached hydrogens (tertiary/aromatic N) is 1. The molecule has 2 N–H and O–H groups in total. The zero-order valence-electron chi connectivity index (χ0n) is 9.94. The lowest BCUT2D eigenvalue weighted by atomic mass is 10.3. The van der Waals surface area contributed by atoms with Crippen LogP contribution in [0.2, 0.25) is 0 Å². The Hall–Kier alpha value is -1.42. The molecule has 10 heteroatoms. The molecule has 0 saturated heterocycles. The summed E-state index contributed by atoms with van der Waals surface area (Å²) in [6.07, 6.45) is 0. The highest BCUT2D eigenvalue weighted by molar-refractivity contribution is 8.14. The lowest BCUT2D eigenvalue weighted by Gasteiger charge is -2.11. The van der Waals surface area contributed by atoms with E-state index in [1.54, 1.807) is 0 Å². The van der Waals surface area contributed by atoms with Crippen molar-refractivity contribution in [2.45, 2.75) is 10.4 Å². The molecule has 0 fully saturated rings. The molecule has 1 aromatic carbocycles. The number of hydrogen-bond acceptors (Lipinski definition) is 6. The summed E-state index contributed by atoms with van der Waals surface area (Å²) in [4.78, 5) is 3.26. The van der Waals surface area contributed by atoms with E-state index in [2.05, 4.69) is 15.8 Å². The van der Waals surface area contributed by atoms with Crippen molar-refractivity contribution in [1.29, 1.82) is 0 Å². The lowest BCUT2D eigenvalue weighted by molar-refractivity contribution is -0.0435. The van der Waals surface area contributed by atoms with Gasteiger partial charge in [-0.3, -0.25) is 15.8 Å². The smallest absolute Gasteiger partial charge is 0.299 e. The van der Waals surface area contributed by atoms with E-state index in [1.165, 1.54) is 23.9 Å². The van der Waals surface area contributed by atoms with Gasteiger partial charge in [0.15, 0.2) is 5.17 Å². The zero-order valence-corrected chi connectivity index (χ0v) is 11.6. The van der Waals surface area contributed by atoms with E-state index in [-0.39, 0.29) is 5.69 Å². The lowest BCUT2D eigenvalue weighted by Crippen LogP contribution is -2.26. The highest BCUT2D eigenvalue weighted by Gasteiger charge is 2.46. The van der Waals surface area contributed by atoms with E-state index >= 15 is 0 Å². The summed E-state index contributed by atoms with van der Waals surface area (Å²) < 4.78 is 59.8. The summed E-state index contributed by atoms with van der Waals surface area (Å²) in [5.74, 6) is 0.826. The van der Waals surface area contributed by atoms with Crippen LogP contribution in [0.4, 0.5) is 18.9 Å². The van der Waals surface area contributed by atoms with Crippen molar-refractivity contribution in [3.63, 3.8) is 0 Å². The summed E-state index contributed by atoms with van der Waals surface area (Å²) in [6, 6.07) is 4.49. The molecular formula is C10H10F3N3O2S2. The van der Waals surface area contributed by atoms with Crippen molar-refractivity contribution < 1.29 is 21.6 Å². The van der Waals surface area contributed by atoms with Gasteiger partial charge in [0.05, 0.1) is 17.1 Å². The molecule has 0 bridgehead atoms. The zero-order chi connectivity index (χ0) is 14.8. The van der Waals surface area contributed by atoms with Crippen molar-refractivity contribution in [3.05, 3.63) is 24.3 Å². The summed E-state index contributed by atoms with van der Waals surface area (Å²) in [7, 11) is -5.34. The number of hydrazine groups is 1. The average Bonchev–Trinajstić information content (AvgIpc) is 2.88.